The Morgan fingerprint density at radius 2 is 1.96 bits per heavy atom. The first-order valence-corrected chi connectivity index (χ1v) is 9.08. The first-order chi connectivity index (χ1) is 13.6. The first-order valence-electron chi connectivity index (χ1n) is 9.08. The molecule has 8 nitrogen and oxygen atoms in total. The SMILES string of the molecule is Cc1cc(N2CCOCC2)nc(CNC(=O)c2cc(=O)c3ccccc3o2)n1. The molecule has 0 unspecified atom stereocenters. The second-order valence-electron chi connectivity index (χ2n) is 6.54. The molecule has 3 aromatic rings. The van der Waals surface area contributed by atoms with Gasteiger partial charge in [-0.15, -0.1) is 0 Å². The van der Waals surface area contributed by atoms with Gasteiger partial charge in [0.25, 0.3) is 5.91 Å². The van der Waals surface area contributed by atoms with Crippen LogP contribution in [0.3, 0.4) is 0 Å². The van der Waals surface area contributed by atoms with Crippen LogP contribution in [0, 0.1) is 6.92 Å². The summed E-state index contributed by atoms with van der Waals surface area (Å²) in [4.78, 5) is 35.7. The third-order valence-corrected chi connectivity index (χ3v) is 4.49. The van der Waals surface area contributed by atoms with Crippen LogP contribution in [0.4, 0.5) is 5.82 Å². The molecule has 2 aromatic heterocycles. The van der Waals surface area contributed by atoms with Gasteiger partial charge in [-0.25, -0.2) is 9.97 Å². The monoisotopic (exact) mass is 380 g/mol. The number of benzene rings is 1. The maximum atomic E-state index is 12.5. The molecule has 0 aliphatic carbocycles. The Kier molecular flexibility index (Phi) is 5.03. The van der Waals surface area contributed by atoms with Crippen molar-refractivity contribution < 1.29 is 13.9 Å². The number of fused-ring (bicyclic) bond motifs is 1. The van der Waals surface area contributed by atoms with Crippen molar-refractivity contribution in [1.82, 2.24) is 15.3 Å². The van der Waals surface area contributed by atoms with E-state index in [2.05, 4.69) is 20.2 Å². The van der Waals surface area contributed by atoms with E-state index in [1.54, 1.807) is 24.3 Å². The summed E-state index contributed by atoms with van der Waals surface area (Å²) < 4.78 is 10.9. The number of carbonyl (C=O) groups excluding carboxylic acids is 1. The van der Waals surface area contributed by atoms with E-state index >= 15 is 0 Å². The van der Waals surface area contributed by atoms with E-state index in [1.165, 1.54) is 6.07 Å². The van der Waals surface area contributed by atoms with E-state index in [9.17, 15) is 9.59 Å². The van der Waals surface area contributed by atoms with Gasteiger partial charge in [-0.2, -0.15) is 0 Å². The minimum Gasteiger partial charge on any atom is -0.451 e. The molecule has 144 valence electrons. The Labute approximate surface area is 161 Å². The van der Waals surface area contributed by atoms with Gasteiger partial charge in [0.1, 0.15) is 17.2 Å². The van der Waals surface area contributed by atoms with Crippen LogP contribution in [0.5, 0.6) is 0 Å². The molecule has 4 rings (SSSR count). The number of nitrogens with zero attached hydrogens (tertiary/aromatic N) is 3. The van der Waals surface area contributed by atoms with Gasteiger partial charge in [-0.05, 0) is 19.1 Å². The van der Waals surface area contributed by atoms with Gasteiger partial charge < -0.3 is 19.4 Å². The highest BCUT2D eigenvalue weighted by Gasteiger charge is 2.16. The van der Waals surface area contributed by atoms with Crippen LogP contribution >= 0.6 is 0 Å². The van der Waals surface area contributed by atoms with Gasteiger partial charge in [-0.3, -0.25) is 9.59 Å². The Hall–Kier alpha value is -3.26. The van der Waals surface area contributed by atoms with Gasteiger partial charge in [0.2, 0.25) is 0 Å². The van der Waals surface area contributed by atoms with Crippen molar-refractivity contribution in [2.45, 2.75) is 13.5 Å². The van der Waals surface area contributed by atoms with Gasteiger partial charge in [0.15, 0.2) is 11.2 Å². The van der Waals surface area contributed by atoms with E-state index in [0.29, 0.717) is 30.0 Å². The van der Waals surface area contributed by atoms with Crippen LogP contribution in [-0.4, -0.2) is 42.2 Å². The summed E-state index contributed by atoms with van der Waals surface area (Å²) in [5.74, 6) is 0.793. The largest absolute Gasteiger partial charge is 0.451 e. The van der Waals surface area contributed by atoms with Crippen LogP contribution in [0.25, 0.3) is 11.0 Å². The highest BCUT2D eigenvalue weighted by Crippen LogP contribution is 2.15. The fourth-order valence-electron chi connectivity index (χ4n) is 3.11. The predicted octanol–water partition coefficient (Wildman–Crippen LogP) is 1.66. The molecule has 8 heteroatoms. The molecular formula is C20H20N4O4. The molecule has 1 aliphatic rings. The summed E-state index contributed by atoms with van der Waals surface area (Å²) in [6, 6.07) is 9.94. The number of hydrogen-bond donors (Lipinski definition) is 1. The van der Waals surface area contributed by atoms with Crippen molar-refractivity contribution in [3.8, 4) is 0 Å². The van der Waals surface area contributed by atoms with Crippen molar-refractivity contribution >= 4 is 22.7 Å². The van der Waals surface area contributed by atoms with Gasteiger partial charge in [0.05, 0.1) is 25.1 Å². The molecule has 3 heterocycles. The summed E-state index contributed by atoms with van der Waals surface area (Å²) in [6.45, 7) is 4.88. The lowest BCUT2D eigenvalue weighted by molar-refractivity contribution is 0.0922. The van der Waals surface area contributed by atoms with Crippen molar-refractivity contribution in [1.29, 1.82) is 0 Å². The minimum absolute atomic E-state index is 0.0373. The number of carbonyl (C=O) groups is 1. The van der Waals surface area contributed by atoms with Gasteiger partial charge >= 0.3 is 0 Å². The maximum absolute atomic E-state index is 12.5. The number of nitrogens with one attached hydrogen (secondary N) is 1. The van der Waals surface area contributed by atoms with Crippen molar-refractivity contribution in [2.24, 2.45) is 0 Å². The molecule has 0 saturated carbocycles. The van der Waals surface area contributed by atoms with Crippen LogP contribution in [0.15, 0.2) is 45.6 Å². The molecule has 28 heavy (non-hydrogen) atoms. The number of rotatable bonds is 4. The van der Waals surface area contributed by atoms with E-state index in [1.807, 2.05) is 13.0 Å². The third-order valence-electron chi connectivity index (χ3n) is 4.49. The molecule has 1 N–H and O–H groups in total. The third kappa shape index (κ3) is 3.86. The number of hydrogen-bond acceptors (Lipinski definition) is 7. The Balaban J connectivity index is 1.50. The number of ether oxygens (including phenoxy) is 1. The second kappa shape index (κ2) is 7.77. The van der Waals surface area contributed by atoms with E-state index in [4.69, 9.17) is 9.15 Å². The molecule has 0 bridgehead atoms. The minimum atomic E-state index is -0.485. The predicted molar refractivity (Wildman–Crippen MR) is 103 cm³/mol. The van der Waals surface area contributed by atoms with Crippen LogP contribution in [0.2, 0.25) is 0 Å². The summed E-state index contributed by atoms with van der Waals surface area (Å²) in [5.41, 5.74) is 0.938. The topological polar surface area (TPSA) is 97.6 Å². The number of para-hydroxylation sites is 1. The summed E-state index contributed by atoms with van der Waals surface area (Å²) in [7, 11) is 0. The standard InChI is InChI=1S/C20H20N4O4/c1-13-10-19(24-6-8-27-9-7-24)23-18(22-13)12-21-20(26)17-11-15(25)14-4-2-3-5-16(14)28-17/h2-5,10-11H,6-9,12H2,1H3,(H,21,26). The Morgan fingerprint density at radius 1 is 1.18 bits per heavy atom. The fourth-order valence-corrected chi connectivity index (χ4v) is 3.11. The zero-order chi connectivity index (χ0) is 19.5. The molecule has 1 aliphatic heterocycles. The zero-order valence-corrected chi connectivity index (χ0v) is 15.5. The number of anilines is 1. The summed E-state index contributed by atoms with van der Waals surface area (Å²) in [6.07, 6.45) is 0. The lowest BCUT2D eigenvalue weighted by Crippen LogP contribution is -2.37. The Morgan fingerprint density at radius 3 is 2.79 bits per heavy atom. The van der Waals surface area contributed by atoms with E-state index in [-0.39, 0.29) is 17.7 Å². The first kappa shape index (κ1) is 18.1. The zero-order valence-electron chi connectivity index (χ0n) is 15.5. The number of aromatic nitrogens is 2. The average Bonchev–Trinajstić information content (AvgIpc) is 2.72. The molecule has 1 saturated heterocycles. The fraction of sp³-hybridized carbons (Fsp3) is 0.300. The second-order valence-corrected chi connectivity index (χ2v) is 6.54. The summed E-state index contributed by atoms with van der Waals surface area (Å²) >= 11 is 0. The van der Waals surface area contributed by atoms with E-state index in [0.717, 1.165) is 24.6 Å². The maximum Gasteiger partial charge on any atom is 0.287 e. The quantitative estimate of drug-likeness (QED) is 0.735. The van der Waals surface area contributed by atoms with Gasteiger partial charge in [-0.1, -0.05) is 12.1 Å². The number of amides is 1. The van der Waals surface area contributed by atoms with Gasteiger partial charge in [0, 0.05) is 30.9 Å². The lowest BCUT2D eigenvalue weighted by Gasteiger charge is -2.28. The van der Waals surface area contributed by atoms with Crippen molar-refractivity contribution in [3.05, 3.63) is 63.9 Å². The van der Waals surface area contributed by atoms with Crippen molar-refractivity contribution in [3.63, 3.8) is 0 Å². The molecule has 1 aromatic carbocycles. The average molecular weight is 380 g/mol. The molecule has 0 radical (unpaired) electrons. The van der Waals surface area contributed by atoms with Crippen LogP contribution < -0.4 is 15.6 Å². The molecule has 0 spiro atoms. The smallest absolute Gasteiger partial charge is 0.287 e. The highest BCUT2D eigenvalue weighted by atomic mass is 16.5. The van der Waals surface area contributed by atoms with Crippen LogP contribution in [0.1, 0.15) is 22.1 Å². The molecule has 0 atom stereocenters. The molecule has 1 fully saturated rings. The number of aryl methyl sites for hydroxylation is 1. The molecule has 1 amide bonds. The van der Waals surface area contributed by atoms with Crippen molar-refractivity contribution in [2.75, 3.05) is 31.2 Å². The molecular weight excluding hydrogens is 360 g/mol. The highest BCUT2D eigenvalue weighted by molar-refractivity contribution is 5.93. The normalized spacial score (nSPS) is 14.2. The number of morpholine rings is 1. The van der Waals surface area contributed by atoms with E-state index < -0.39 is 5.91 Å². The lowest BCUT2D eigenvalue weighted by atomic mass is 10.2. The summed E-state index contributed by atoms with van der Waals surface area (Å²) in [5, 5.41) is 3.17. The Bertz CT molecular complexity index is 1070. The van der Waals surface area contributed by atoms with Crippen LogP contribution in [-0.2, 0) is 11.3 Å².